The van der Waals surface area contributed by atoms with Crippen LogP contribution >= 0.6 is 0 Å². The molecule has 0 aromatic carbocycles. The van der Waals surface area contributed by atoms with Crippen molar-refractivity contribution in [2.24, 2.45) is 7.05 Å². The molecular formula is C18H28N6. The minimum atomic E-state index is 0.540. The maximum absolute atomic E-state index is 4.66. The second kappa shape index (κ2) is 6.31. The third-order valence-corrected chi connectivity index (χ3v) is 5.52. The van der Waals surface area contributed by atoms with Gasteiger partial charge in [-0.2, -0.15) is 5.10 Å². The third-order valence-electron chi connectivity index (χ3n) is 5.52. The molecule has 130 valence electrons. The van der Waals surface area contributed by atoms with Gasteiger partial charge >= 0.3 is 0 Å². The van der Waals surface area contributed by atoms with E-state index in [9.17, 15) is 0 Å². The molecule has 0 amide bonds. The first kappa shape index (κ1) is 15.8. The van der Waals surface area contributed by atoms with Gasteiger partial charge in [0, 0.05) is 24.7 Å². The predicted molar refractivity (Wildman–Crippen MR) is 92.7 cm³/mol. The maximum Gasteiger partial charge on any atom is 0.146 e. The van der Waals surface area contributed by atoms with Crippen LogP contribution in [-0.4, -0.2) is 42.0 Å². The Kier molecular flexibility index (Phi) is 4.16. The summed E-state index contributed by atoms with van der Waals surface area (Å²) in [5.41, 5.74) is 2.37. The standard InChI is InChI=1S/C18H28N6/c1-13-10-14(2)24(21-13)11-16-6-4-5-9-23(16)12-17-19-20-18(22(17)3)15-7-8-15/h10,15-16H,4-9,11-12H2,1-3H3. The number of hydrogen-bond donors (Lipinski definition) is 0. The normalized spacial score (nSPS) is 22.2. The molecule has 6 heteroatoms. The lowest BCUT2D eigenvalue weighted by molar-refractivity contribution is 0.117. The van der Waals surface area contributed by atoms with E-state index in [1.54, 1.807) is 0 Å². The molecule has 1 atom stereocenters. The first-order valence-electron chi connectivity index (χ1n) is 9.25. The first-order valence-corrected chi connectivity index (χ1v) is 9.25. The van der Waals surface area contributed by atoms with Crippen molar-refractivity contribution in [3.8, 4) is 0 Å². The number of likely N-dealkylation sites (tertiary alicyclic amines) is 1. The van der Waals surface area contributed by atoms with Crippen LogP contribution in [0.4, 0.5) is 0 Å². The SMILES string of the molecule is Cc1cc(C)n(CC2CCCCN2Cc2nnc(C3CC3)n2C)n1. The molecule has 4 rings (SSSR count). The van der Waals surface area contributed by atoms with Crippen molar-refractivity contribution in [1.82, 2.24) is 29.4 Å². The molecule has 1 saturated heterocycles. The molecule has 1 aliphatic carbocycles. The average molecular weight is 328 g/mol. The Labute approximate surface area is 143 Å². The molecule has 1 aliphatic heterocycles. The van der Waals surface area contributed by atoms with E-state index in [2.05, 4.69) is 56.4 Å². The number of aryl methyl sites for hydroxylation is 2. The van der Waals surface area contributed by atoms with E-state index in [1.165, 1.54) is 43.6 Å². The van der Waals surface area contributed by atoms with Gasteiger partial charge in [-0.05, 0) is 52.1 Å². The largest absolute Gasteiger partial charge is 0.317 e. The third kappa shape index (κ3) is 3.11. The van der Waals surface area contributed by atoms with Gasteiger partial charge in [-0.15, -0.1) is 10.2 Å². The van der Waals surface area contributed by atoms with Crippen molar-refractivity contribution < 1.29 is 0 Å². The van der Waals surface area contributed by atoms with E-state index >= 15 is 0 Å². The minimum Gasteiger partial charge on any atom is -0.317 e. The van der Waals surface area contributed by atoms with Crippen molar-refractivity contribution in [2.45, 2.75) is 71.0 Å². The topological polar surface area (TPSA) is 51.8 Å². The monoisotopic (exact) mass is 328 g/mol. The summed E-state index contributed by atoms with van der Waals surface area (Å²) in [7, 11) is 2.13. The maximum atomic E-state index is 4.66. The lowest BCUT2D eigenvalue weighted by Gasteiger charge is -2.35. The summed E-state index contributed by atoms with van der Waals surface area (Å²) >= 11 is 0. The lowest BCUT2D eigenvalue weighted by atomic mass is 10.0. The Hall–Kier alpha value is -1.69. The van der Waals surface area contributed by atoms with Crippen LogP contribution < -0.4 is 0 Å². The fraction of sp³-hybridized carbons (Fsp3) is 0.722. The number of piperidine rings is 1. The van der Waals surface area contributed by atoms with Gasteiger partial charge in [0.25, 0.3) is 0 Å². The average Bonchev–Trinajstić information content (AvgIpc) is 3.26. The Morgan fingerprint density at radius 1 is 1.12 bits per heavy atom. The van der Waals surface area contributed by atoms with Gasteiger partial charge in [-0.25, -0.2) is 0 Å². The second-order valence-corrected chi connectivity index (χ2v) is 7.54. The lowest BCUT2D eigenvalue weighted by Crippen LogP contribution is -2.42. The quantitative estimate of drug-likeness (QED) is 0.846. The minimum absolute atomic E-state index is 0.540. The van der Waals surface area contributed by atoms with Gasteiger partial charge in [0.2, 0.25) is 0 Å². The van der Waals surface area contributed by atoms with Crippen LogP contribution in [0.5, 0.6) is 0 Å². The van der Waals surface area contributed by atoms with Crippen molar-refractivity contribution in [2.75, 3.05) is 6.54 Å². The van der Waals surface area contributed by atoms with E-state index in [1.807, 2.05) is 0 Å². The highest BCUT2D eigenvalue weighted by Crippen LogP contribution is 2.38. The van der Waals surface area contributed by atoms with Gasteiger partial charge in [-0.3, -0.25) is 9.58 Å². The fourth-order valence-corrected chi connectivity index (χ4v) is 3.93. The summed E-state index contributed by atoms with van der Waals surface area (Å²) in [5.74, 6) is 2.94. The number of aromatic nitrogens is 5. The molecule has 0 radical (unpaired) electrons. The van der Waals surface area contributed by atoms with E-state index in [-0.39, 0.29) is 0 Å². The van der Waals surface area contributed by atoms with Gasteiger partial charge in [0.15, 0.2) is 0 Å². The first-order chi connectivity index (χ1) is 11.6. The predicted octanol–water partition coefficient (Wildman–Crippen LogP) is 2.56. The second-order valence-electron chi connectivity index (χ2n) is 7.54. The molecule has 0 bridgehead atoms. The van der Waals surface area contributed by atoms with Crippen LogP contribution in [-0.2, 0) is 20.1 Å². The van der Waals surface area contributed by atoms with E-state index in [4.69, 9.17) is 0 Å². The highest BCUT2D eigenvalue weighted by atomic mass is 15.3. The van der Waals surface area contributed by atoms with Gasteiger partial charge in [0.1, 0.15) is 11.6 Å². The Morgan fingerprint density at radius 2 is 1.96 bits per heavy atom. The van der Waals surface area contributed by atoms with E-state index in [0.29, 0.717) is 12.0 Å². The summed E-state index contributed by atoms with van der Waals surface area (Å²) in [6.45, 7) is 7.25. The fourth-order valence-electron chi connectivity index (χ4n) is 3.93. The number of nitrogens with zero attached hydrogens (tertiary/aromatic N) is 6. The zero-order valence-electron chi connectivity index (χ0n) is 15.1. The molecule has 2 fully saturated rings. The van der Waals surface area contributed by atoms with Crippen LogP contribution in [0.2, 0.25) is 0 Å². The summed E-state index contributed by atoms with van der Waals surface area (Å²) in [5, 5.41) is 13.6. The van der Waals surface area contributed by atoms with Gasteiger partial charge in [-0.1, -0.05) is 6.42 Å². The molecule has 3 heterocycles. The van der Waals surface area contributed by atoms with E-state index in [0.717, 1.165) is 31.2 Å². The van der Waals surface area contributed by atoms with Crippen molar-refractivity contribution in [3.05, 3.63) is 29.1 Å². The molecule has 2 aliphatic rings. The molecular weight excluding hydrogens is 300 g/mol. The molecule has 2 aromatic heterocycles. The van der Waals surface area contributed by atoms with Crippen LogP contribution in [0.15, 0.2) is 6.07 Å². The highest BCUT2D eigenvalue weighted by Gasteiger charge is 2.30. The summed E-state index contributed by atoms with van der Waals surface area (Å²) in [6.07, 6.45) is 6.38. The number of hydrogen-bond acceptors (Lipinski definition) is 4. The van der Waals surface area contributed by atoms with Crippen molar-refractivity contribution in [1.29, 1.82) is 0 Å². The zero-order valence-corrected chi connectivity index (χ0v) is 15.1. The van der Waals surface area contributed by atoms with E-state index < -0.39 is 0 Å². The van der Waals surface area contributed by atoms with Crippen LogP contribution in [0.3, 0.4) is 0 Å². The van der Waals surface area contributed by atoms with Gasteiger partial charge < -0.3 is 4.57 Å². The zero-order chi connectivity index (χ0) is 16.7. The molecule has 0 N–H and O–H groups in total. The van der Waals surface area contributed by atoms with Crippen LogP contribution in [0, 0.1) is 13.8 Å². The van der Waals surface area contributed by atoms with Gasteiger partial charge in [0.05, 0.1) is 18.8 Å². The van der Waals surface area contributed by atoms with Crippen molar-refractivity contribution in [3.63, 3.8) is 0 Å². The molecule has 6 nitrogen and oxygen atoms in total. The number of rotatable bonds is 5. The molecule has 2 aromatic rings. The highest BCUT2D eigenvalue weighted by molar-refractivity contribution is 5.08. The summed E-state index contributed by atoms with van der Waals surface area (Å²) in [4.78, 5) is 2.58. The molecule has 24 heavy (non-hydrogen) atoms. The van der Waals surface area contributed by atoms with Crippen molar-refractivity contribution >= 4 is 0 Å². The smallest absolute Gasteiger partial charge is 0.146 e. The summed E-state index contributed by atoms with van der Waals surface area (Å²) in [6, 6.07) is 2.70. The Bertz CT molecular complexity index is 711. The van der Waals surface area contributed by atoms with Crippen LogP contribution in [0.25, 0.3) is 0 Å². The molecule has 0 spiro atoms. The Balaban J connectivity index is 1.48. The summed E-state index contributed by atoms with van der Waals surface area (Å²) < 4.78 is 4.40. The van der Waals surface area contributed by atoms with Crippen LogP contribution in [0.1, 0.15) is 61.1 Å². The molecule has 1 saturated carbocycles. The molecule has 1 unspecified atom stereocenters. The Morgan fingerprint density at radius 3 is 2.67 bits per heavy atom.